The first-order valence-electron chi connectivity index (χ1n) is 9.48. The Labute approximate surface area is 275 Å². The number of carbonyl (C=O) groups excluding carboxylic acids is 1. The van der Waals surface area contributed by atoms with Crippen LogP contribution in [0, 0.1) is 30.9 Å². The van der Waals surface area contributed by atoms with Gasteiger partial charge in [0.05, 0.1) is 0 Å². The van der Waals surface area contributed by atoms with Gasteiger partial charge in [-0.15, -0.1) is 24.1 Å². The standard InChI is InChI=1S/C9H10O2S.C9H9.C6H11O2.2K/c1-2-5-8-6-3-4-7-9(8)12(10)11;1-3-9-7-5-4-6-8(9)2;1-5(2)6(3-7)4-8;;/h4,6-7H,2,5H2,1H3;3-4,6-7H,1H2,2H3;5-7H,3H2,1-2H3;;/q-2;2*-1;2*+1. The van der Waals surface area contributed by atoms with Crippen molar-refractivity contribution < 1.29 is 121 Å². The van der Waals surface area contributed by atoms with Crippen molar-refractivity contribution in [1.82, 2.24) is 0 Å². The van der Waals surface area contributed by atoms with E-state index < -0.39 is 10.7 Å². The third-order valence-corrected chi connectivity index (χ3v) is 4.86. The minimum Gasteiger partial charge on any atom is -0.541 e. The molecule has 0 amide bonds. The van der Waals surface area contributed by atoms with E-state index in [1.165, 1.54) is 5.56 Å². The monoisotopic (exact) mass is 492 g/mol. The van der Waals surface area contributed by atoms with Crippen LogP contribution in [-0.2, 0) is 30.3 Å². The van der Waals surface area contributed by atoms with E-state index in [-0.39, 0.29) is 121 Å². The number of rotatable bonds is 7. The van der Waals surface area contributed by atoms with E-state index >= 15 is 0 Å². The summed E-state index contributed by atoms with van der Waals surface area (Å²) in [6, 6.07) is 16.6. The molecule has 0 bridgehead atoms. The summed E-state index contributed by atoms with van der Waals surface area (Å²) < 4.78 is 21.4. The molecule has 160 valence electrons. The van der Waals surface area contributed by atoms with Gasteiger partial charge >= 0.3 is 103 Å². The van der Waals surface area contributed by atoms with Gasteiger partial charge < -0.3 is 18.3 Å². The first kappa shape index (κ1) is 36.6. The zero-order valence-corrected chi connectivity index (χ0v) is 26.7. The van der Waals surface area contributed by atoms with Gasteiger partial charge in [-0.2, -0.15) is 64.6 Å². The Morgan fingerprint density at radius 3 is 2.10 bits per heavy atom. The summed E-state index contributed by atoms with van der Waals surface area (Å²) in [6.07, 6.45) is 5.33. The van der Waals surface area contributed by atoms with Crippen molar-refractivity contribution >= 4 is 23.1 Å². The average Bonchev–Trinajstić information content (AvgIpc) is 2.70. The van der Waals surface area contributed by atoms with Crippen LogP contribution in [0.5, 0.6) is 0 Å². The molecule has 0 fully saturated rings. The number of aliphatic hydroxyl groups is 1. The van der Waals surface area contributed by atoms with Crippen molar-refractivity contribution in [3.05, 3.63) is 71.8 Å². The van der Waals surface area contributed by atoms with Crippen molar-refractivity contribution in [3.63, 3.8) is 0 Å². The topological polar surface area (TPSA) is 71.4 Å². The third-order valence-electron chi connectivity index (χ3n) is 4.10. The second kappa shape index (κ2) is 22.8. The molecule has 0 aliphatic carbocycles. The van der Waals surface area contributed by atoms with Crippen molar-refractivity contribution in [1.29, 1.82) is 0 Å². The molecule has 0 aliphatic heterocycles. The quantitative estimate of drug-likeness (QED) is 0.303. The summed E-state index contributed by atoms with van der Waals surface area (Å²) >= 11 is 0. The molecular weight excluding hydrogens is 463 g/mol. The van der Waals surface area contributed by atoms with Crippen molar-refractivity contribution in [2.75, 3.05) is 6.61 Å². The molecule has 2 aromatic rings. The van der Waals surface area contributed by atoms with E-state index in [0.717, 1.165) is 24.0 Å². The molecule has 1 unspecified atom stereocenters. The zero-order valence-electron chi connectivity index (χ0n) is 19.6. The maximum atomic E-state index is 10.7. The molecular formula is C24H30K2O4S-2. The molecule has 2 aromatic carbocycles. The summed E-state index contributed by atoms with van der Waals surface area (Å²) in [5.74, 6) is -0.0903. The van der Waals surface area contributed by atoms with Crippen molar-refractivity contribution in [2.45, 2.75) is 45.4 Å². The molecule has 0 saturated heterocycles. The van der Waals surface area contributed by atoms with E-state index in [2.05, 4.69) is 25.6 Å². The second-order valence-corrected chi connectivity index (χ2v) is 7.57. The number of aryl methyl sites for hydroxylation is 2. The summed E-state index contributed by atoms with van der Waals surface area (Å²) in [5, 5.41) is 8.43. The van der Waals surface area contributed by atoms with Crippen LogP contribution in [-0.4, -0.2) is 18.0 Å². The molecule has 2 rings (SSSR count). The fourth-order valence-electron chi connectivity index (χ4n) is 2.20. The summed E-state index contributed by atoms with van der Waals surface area (Å²) in [5.41, 5.74) is 3.27. The van der Waals surface area contributed by atoms with E-state index in [9.17, 15) is 13.2 Å². The molecule has 7 heteroatoms. The van der Waals surface area contributed by atoms with Gasteiger partial charge in [-0.25, -0.2) is 0 Å². The van der Waals surface area contributed by atoms with E-state index in [1.54, 1.807) is 24.5 Å². The predicted octanol–water partition coefficient (Wildman–Crippen LogP) is -1.09. The maximum absolute atomic E-state index is 10.7. The minimum atomic E-state index is -2.11. The Balaban J connectivity index is -0.000000377. The van der Waals surface area contributed by atoms with Crippen LogP contribution >= 0.6 is 0 Å². The fourth-order valence-corrected chi connectivity index (χ4v) is 2.76. The van der Waals surface area contributed by atoms with Gasteiger partial charge in [0, 0.05) is 6.61 Å². The van der Waals surface area contributed by atoms with Crippen LogP contribution in [0.4, 0.5) is 0 Å². The van der Waals surface area contributed by atoms with Crippen LogP contribution in [0.25, 0.3) is 6.08 Å². The Kier molecular flexibility index (Phi) is 26.9. The smallest absolute Gasteiger partial charge is 0.541 e. The Morgan fingerprint density at radius 2 is 1.74 bits per heavy atom. The Bertz CT molecular complexity index is 813. The maximum Gasteiger partial charge on any atom is 1.00 e. The molecule has 0 aliphatic rings. The van der Waals surface area contributed by atoms with E-state index in [4.69, 9.17) is 5.11 Å². The molecule has 0 spiro atoms. The van der Waals surface area contributed by atoms with Crippen LogP contribution in [0.15, 0.2) is 47.9 Å². The number of hydrogen-bond donors (Lipinski definition) is 1. The summed E-state index contributed by atoms with van der Waals surface area (Å²) in [6.45, 7) is 11.4. The molecule has 4 nitrogen and oxygen atoms in total. The minimum absolute atomic E-state index is 0. The molecule has 0 saturated carbocycles. The number of hydrogen-bond acceptors (Lipinski definition) is 5. The Morgan fingerprint density at radius 1 is 1.16 bits per heavy atom. The molecule has 0 heterocycles. The SMILES string of the molecule is C=Cc1c[c-]ccc1C.CC(C)C([C-]=O)CO.CCCc1c[c-]ccc1[S-](=O)=O.[K+].[K+]. The second-order valence-electron chi connectivity index (χ2n) is 6.66. The third kappa shape index (κ3) is 16.3. The van der Waals surface area contributed by atoms with Gasteiger partial charge in [-0.05, 0) is 0 Å². The predicted molar refractivity (Wildman–Crippen MR) is 117 cm³/mol. The van der Waals surface area contributed by atoms with Crippen LogP contribution in [0.3, 0.4) is 0 Å². The first-order chi connectivity index (χ1) is 13.8. The first-order valence-corrected chi connectivity index (χ1v) is 10.6. The molecule has 1 N–H and O–H groups in total. The van der Waals surface area contributed by atoms with E-state index in [1.807, 2.05) is 45.0 Å². The van der Waals surface area contributed by atoms with E-state index in [0.29, 0.717) is 4.90 Å². The van der Waals surface area contributed by atoms with Gasteiger partial charge in [0.1, 0.15) is 0 Å². The molecule has 0 radical (unpaired) electrons. The average molecular weight is 493 g/mol. The van der Waals surface area contributed by atoms with Crippen LogP contribution in [0.1, 0.15) is 43.9 Å². The normalized spacial score (nSPS) is 10.3. The summed E-state index contributed by atoms with van der Waals surface area (Å²) in [7, 11) is -2.11. The van der Waals surface area contributed by atoms with Gasteiger partial charge in [0.2, 0.25) is 0 Å². The number of aliphatic hydroxyl groups excluding tert-OH is 1. The van der Waals surface area contributed by atoms with Gasteiger partial charge in [-0.1, -0.05) is 57.2 Å². The van der Waals surface area contributed by atoms with Gasteiger partial charge in [0.25, 0.3) is 0 Å². The van der Waals surface area contributed by atoms with Gasteiger partial charge in [0.15, 0.2) is 0 Å². The summed E-state index contributed by atoms with van der Waals surface area (Å²) in [4.78, 5) is 10.3. The van der Waals surface area contributed by atoms with Crippen molar-refractivity contribution in [2.24, 2.45) is 11.8 Å². The zero-order chi connectivity index (χ0) is 22.2. The van der Waals surface area contributed by atoms with Gasteiger partial charge in [-0.3, -0.25) is 6.29 Å². The Hall–Kier alpha value is 1.03. The number of benzene rings is 2. The molecule has 0 aromatic heterocycles. The van der Waals surface area contributed by atoms with Crippen LogP contribution < -0.4 is 103 Å². The van der Waals surface area contributed by atoms with Crippen molar-refractivity contribution in [3.8, 4) is 0 Å². The fraction of sp³-hybridized carbons (Fsp3) is 0.375. The molecule has 1 atom stereocenters. The van der Waals surface area contributed by atoms with Crippen LogP contribution in [0.2, 0.25) is 0 Å². The molecule has 31 heavy (non-hydrogen) atoms. The largest absolute Gasteiger partial charge is 1.00 e.